The quantitative estimate of drug-likeness (QED) is 0.381. The molecule has 16 heteroatoms. The molecule has 2 aromatic carbocycles. The number of nitrogens with zero attached hydrogens (tertiary/aromatic N) is 2. The van der Waals surface area contributed by atoms with Crippen molar-refractivity contribution >= 4 is 37.4 Å². The van der Waals surface area contributed by atoms with E-state index in [4.69, 9.17) is 0 Å². The monoisotopic (exact) mass is 580 g/mol. The van der Waals surface area contributed by atoms with Crippen LogP contribution in [0.15, 0.2) is 58.3 Å². The molecule has 0 radical (unpaired) electrons. The number of rotatable bonds is 6. The number of benzene rings is 2. The SMILES string of the molecule is Cc1ccc(S(=O)(=O)N2B(OS(=O)(=O)C(F)(F)F)N(S(=O)(=O)c3ccc(C)cc3)[C@@H]3CCCC[C@H]32)cc1. The Morgan fingerprint density at radius 1 is 0.730 bits per heavy atom. The Bertz CT molecular complexity index is 1390. The Hall–Kier alpha value is -1.98. The molecule has 0 bridgehead atoms. The van der Waals surface area contributed by atoms with Crippen molar-refractivity contribution in [2.45, 2.75) is 66.9 Å². The highest BCUT2D eigenvalue weighted by atomic mass is 32.2. The van der Waals surface area contributed by atoms with Crippen molar-refractivity contribution in [3.63, 3.8) is 0 Å². The molecule has 1 saturated carbocycles. The van der Waals surface area contributed by atoms with Gasteiger partial charge in [-0.2, -0.15) is 30.0 Å². The first-order chi connectivity index (χ1) is 17.1. The van der Waals surface area contributed by atoms with E-state index in [-0.39, 0.29) is 22.6 Å². The summed E-state index contributed by atoms with van der Waals surface area (Å²) in [4.78, 5) is -0.676. The second-order valence-electron chi connectivity index (χ2n) is 9.04. The van der Waals surface area contributed by atoms with E-state index in [1.807, 2.05) is 0 Å². The van der Waals surface area contributed by atoms with Gasteiger partial charge in [0, 0.05) is 12.1 Å². The maximum absolute atomic E-state index is 13.7. The van der Waals surface area contributed by atoms with Gasteiger partial charge in [0.2, 0.25) is 20.0 Å². The number of hydrogen-bond donors (Lipinski definition) is 0. The third kappa shape index (κ3) is 5.06. The average molecular weight is 580 g/mol. The summed E-state index contributed by atoms with van der Waals surface area (Å²) in [6.45, 7) is 3.39. The molecule has 37 heavy (non-hydrogen) atoms. The lowest BCUT2D eigenvalue weighted by Gasteiger charge is -2.32. The number of sulfonamides is 2. The zero-order chi connectivity index (χ0) is 27.4. The van der Waals surface area contributed by atoms with Gasteiger partial charge in [-0.3, -0.25) is 4.10 Å². The van der Waals surface area contributed by atoms with Gasteiger partial charge < -0.3 is 0 Å². The summed E-state index contributed by atoms with van der Waals surface area (Å²) >= 11 is 0. The van der Waals surface area contributed by atoms with Gasteiger partial charge in [-0.15, -0.1) is 0 Å². The molecule has 1 aliphatic carbocycles. The number of halogens is 3. The van der Waals surface area contributed by atoms with Crippen LogP contribution in [-0.4, -0.2) is 58.5 Å². The Morgan fingerprint density at radius 2 is 1.08 bits per heavy atom. The first-order valence-electron chi connectivity index (χ1n) is 11.3. The molecule has 2 atom stereocenters. The molecule has 0 spiro atoms. The lowest BCUT2D eigenvalue weighted by Crippen LogP contribution is -2.54. The summed E-state index contributed by atoms with van der Waals surface area (Å²) in [6.07, 6.45) is 1.11. The van der Waals surface area contributed by atoms with Gasteiger partial charge in [0.1, 0.15) is 0 Å². The van der Waals surface area contributed by atoms with Crippen LogP contribution in [0, 0.1) is 13.8 Å². The molecule has 0 aromatic heterocycles. The Balaban J connectivity index is 1.94. The standard InChI is InChI=1S/C21H24BF3N2O7S3/c1-15-7-11-17(12-8-15)35(28,29)26-19-5-3-4-6-20(19)27(22(26)34-37(32,33)21(23,24)25)36(30,31)18-13-9-16(2)10-14-18/h7-14,19-20H,3-6H2,1-2H3/t19-,20-/m1/s1. The molecule has 1 aliphatic heterocycles. The minimum Gasteiger partial charge on any atom is -0.286 e. The van der Waals surface area contributed by atoms with Gasteiger partial charge in [-0.05, 0) is 51.0 Å². The first kappa shape index (κ1) is 28.0. The van der Waals surface area contributed by atoms with E-state index < -0.39 is 54.9 Å². The number of aryl methyl sites for hydroxylation is 2. The van der Waals surface area contributed by atoms with Crippen LogP contribution in [0.3, 0.4) is 0 Å². The molecular formula is C21H24BF3N2O7S3. The highest BCUT2D eigenvalue weighted by molar-refractivity contribution is 7.93. The number of alkyl halides is 3. The van der Waals surface area contributed by atoms with Gasteiger partial charge >= 0.3 is 22.8 Å². The van der Waals surface area contributed by atoms with E-state index in [9.17, 15) is 38.4 Å². The fourth-order valence-electron chi connectivity index (χ4n) is 4.64. The molecule has 1 heterocycles. The highest BCUT2D eigenvalue weighted by Crippen LogP contribution is 2.43. The van der Waals surface area contributed by atoms with Crippen LogP contribution in [0.5, 0.6) is 0 Å². The molecule has 9 nitrogen and oxygen atoms in total. The summed E-state index contributed by atoms with van der Waals surface area (Å²) < 4.78 is 125. The summed E-state index contributed by atoms with van der Waals surface area (Å²) in [5.41, 5.74) is -4.52. The van der Waals surface area contributed by atoms with Crippen molar-refractivity contribution in [1.29, 1.82) is 0 Å². The van der Waals surface area contributed by atoms with Crippen LogP contribution in [0.1, 0.15) is 36.8 Å². The van der Waals surface area contributed by atoms with E-state index >= 15 is 0 Å². The lowest BCUT2D eigenvalue weighted by atomic mass is 9.92. The van der Waals surface area contributed by atoms with Crippen LogP contribution >= 0.6 is 0 Å². The molecule has 2 aromatic rings. The summed E-state index contributed by atoms with van der Waals surface area (Å²) in [6, 6.07) is 8.43. The molecule has 0 N–H and O–H groups in total. The first-order valence-corrected chi connectivity index (χ1v) is 15.6. The van der Waals surface area contributed by atoms with Crippen molar-refractivity contribution < 1.29 is 42.5 Å². The third-order valence-electron chi connectivity index (χ3n) is 6.47. The summed E-state index contributed by atoms with van der Waals surface area (Å²) in [7, 11) is -18.4. The topological polar surface area (TPSA) is 118 Å². The van der Waals surface area contributed by atoms with E-state index in [0.717, 1.165) is 0 Å². The van der Waals surface area contributed by atoms with E-state index in [0.29, 0.717) is 32.4 Å². The normalized spacial score (nSPS) is 22.2. The second-order valence-corrected chi connectivity index (χ2v) is 14.3. The molecule has 4 rings (SSSR count). The molecule has 0 unspecified atom stereocenters. The molecule has 2 aliphatic rings. The minimum absolute atomic E-state index is 0.0988. The predicted octanol–water partition coefficient (Wildman–Crippen LogP) is 3.16. The average Bonchev–Trinajstić information content (AvgIpc) is 3.13. The van der Waals surface area contributed by atoms with Crippen LogP contribution in [0.25, 0.3) is 0 Å². The van der Waals surface area contributed by atoms with Crippen molar-refractivity contribution in [3.05, 3.63) is 59.7 Å². The van der Waals surface area contributed by atoms with Crippen molar-refractivity contribution in [2.75, 3.05) is 0 Å². The number of hydrogen-bond acceptors (Lipinski definition) is 7. The number of fused-ring (bicyclic) bond motifs is 1. The largest absolute Gasteiger partial charge is 0.524 e. The molecule has 202 valence electrons. The van der Waals surface area contributed by atoms with Crippen LogP contribution in [0.2, 0.25) is 0 Å². The summed E-state index contributed by atoms with van der Waals surface area (Å²) in [5.74, 6) is 0. The highest BCUT2D eigenvalue weighted by Gasteiger charge is 2.65. The van der Waals surface area contributed by atoms with Crippen molar-refractivity contribution in [2.24, 2.45) is 0 Å². The van der Waals surface area contributed by atoms with Crippen molar-refractivity contribution in [1.82, 2.24) is 8.43 Å². The fourth-order valence-corrected chi connectivity index (χ4v) is 8.74. The Labute approximate surface area is 214 Å². The van der Waals surface area contributed by atoms with Gasteiger partial charge in [-0.1, -0.05) is 48.2 Å². The predicted molar refractivity (Wildman–Crippen MR) is 128 cm³/mol. The summed E-state index contributed by atoms with van der Waals surface area (Å²) in [5, 5.41) is 0. The molecule has 0 amide bonds. The van der Waals surface area contributed by atoms with Gasteiger partial charge in [0.05, 0.1) is 9.79 Å². The van der Waals surface area contributed by atoms with Crippen molar-refractivity contribution in [3.8, 4) is 0 Å². The van der Waals surface area contributed by atoms with E-state index in [1.165, 1.54) is 48.5 Å². The van der Waals surface area contributed by atoms with Gasteiger partial charge in [-0.25, -0.2) is 16.8 Å². The Kier molecular flexibility index (Phi) is 7.31. The molecular weight excluding hydrogens is 556 g/mol. The maximum Gasteiger partial charge on any atom is 0.524 e. The minimum atomic E-state index is -6.40. The zero-order valence-corrected chi connectivity index (χ0v) is 22.2. The zero-order valence-electron chi connectivity index (χ0n) is 19.8. The van der Waals surface area contributed by atoms with Crippen LogP contribution < -0.4 is 0 Å². The van der Waals surface area contributed by atoms with Gasteiger partial charge in [0.25, 0.3) is 0 Å². The smallest absolute Gasteiger partial charge is 0.286 e. The van der Waals surface area contributed by atoms with Crippen LogP contribution in [-0.2, 0) is 34.3 Å². The van der Waals surface area contributed by atoms with Crippen LogP contribution in [0.4, 0.5) is 13.2 Å². The maximum atomic E-state index is 13.7. The van der Waals surface area contributed by atoms with Gasteiger partial charge in [0.15, 0.2) is 0 Å². The fraction of sp³-hybridized carbons (Fsp3) is 0.429. The third-order valence-corrected chi connectivity index (χ3v) is 11.2. The van der Waals surface area contributed by atoms with E-state index in [1.54, 1.807) is 13.8 Å². The Morgan fingerprint density at radius 3 is 1.41 bits per heavy atom. The molecule has 2 fully saturated rings. The molecule has 1 saturated heterocycles. The lowest BCUT2D eigenvalue weighted by molar-refractivity contribution is -0.0505. The van der Waals surface area contributed by atoms with E-state index in [2.05, 4.69) is 4.10 Å². The second kappa shape index (κ2) is 9.65.